The third-order valence-electron chi connectivity index (χ3n) is 4.13. The fraction of sp³-hybridized carbons (Fsp3) is 0.368. The Morgan fingerprint density at radius 2 is 1.64 bits per heavy atom. The normalized spacial score (nSPS) is 12.7. The molecular weight excluding hydrogens is 531 g/mol. The summed E-state index contributed by atoms with van der Waals surface area (Å²) in [4.78, 5) is 14.8. The molecule has 0 aliphatic heterocycles. The number of benzene rings is 1. The predicted molar refractivity (Wildman–Crippen MR) is 109 cm³/mol. The minimum absolute atomic E-state index is 0.0588. The van der Waals surface area contributed by atoms with Crippen molar-refractivity contribution in [2.45, 2.75) is 22.9 Å². The third kappa shape index (κ3) is 7.33. The van der Waals surface area contributed by atoms with Crippen LogP contribution in [0.4, 0.5) is 41.2 Å². The molecule has 0 bridgehead atoms. The van der Waals surface area contributed by atoms with E-state index in [-0.39, 0.29) is 24.7 Å². The number of hydrogen-bond donors (Lipinski definition) is 2. The number of aromatic nitrogens is 1. The number of carbonyl (C=O) groups excluding carboxylic acids is 1. The number of sulfonamides is 1. The lowest BCUT2D eigenvalue weighted by atomic mass is 10.2. The fourth-order valence-corrected chi connectivity index (χ4v) is 3.33. The van der Waals surface area contributed by atoms with Crippen LogP contribution >= 0.6 is 0 Å². The number of pyridine rings is 1. The average molecular weight is 549 g/mol. The lowest BCUT2D eigenvalue weighted by molar-refractivity contribution is -0.358. The molecule has 0 radical (unpaired) electrons. The zero-order chi connectivity index (χ0) is 27.2. The number of ether oxygens (including phenoxy) is 3. The quantitative estimate of drug-likeness (QED) is 0.323. The first-order chi connectivity index (χ1) is 16.6. The maximum absolute atomic E-state index is 13.3. The van der Waals surface area contributed by atoms with Gasteiger partial charge in [0.1, 0.15) is 5.75 Å². The SMILES string of the molecule is COCCNC(=O)Oc1ccc(NS(=O)(=O)c2ccc(OCC(F)(F)C(F)(F)C(F)(F)F)cc2)cn1. The molecule has 0 saturated heterocycles. The summed E-state index contributed by atoms with van der Waals surface area (Å²) in [5.41, 5.74) is -0.0588. The summed E-state index contributed by atoms with van der Waals surface area (Å²) < 4.78 is 130. The molecule has 0 spiro atoms. The molecule has 2 N–H and O–H groups in total. The Balaban J connectivity index is 1.99. The lowest BCUT2D eigenvalue weighted by Crippen LogP contribution is -2.54. The van der Waals surface area contributed by atoms with Gasteiger partial charge < -0.3 is 19.5 Å². The lowest BCUT2D eigenvalue weighted by Gasteiger charge is -2.27. The van der Waals surface area contributed by atoms with E-state index in [1.165, 1.54) is 19.2 Å². The van der Waals surface area contributed by atoms with Gasteiger partial charge in [-0.2, -0.15) is 30.7 Å². The summed E-state index contributed by atoms with van der Waals surface area (Å²) in [5.74, 6) is -12.7. The Labute approximate surface area is 199 Å². The first-order valence-corrected chi connectivity index (χ1v) is 11.1. The minimum atomic E-state index is -6.50. The van der Waals surface area contributed by atoms with E-state index in [0.717, 1.165) is 30.5 Å². The molecule has 0 aliphatic carbocycles. The van der Waals surface area contributed by atoms with Crippen molar-refractivity contribution < 1.29 is 58.2 Å². The largest absolute Gasteiger partial charge is 0.487 e. The molecule has 17 heteroatoms. The van der Waals surface area contributed by atoms with Crippen molar-refractivity contribution in [1.82, 2.24) is 10.3 Å². The van der Waals surface area contributed by atoms with E-state index in [1.54, 1.807) is 0 Å². The van der Waals surface area contributed by atoms with Crippen LogP contribution in [0.1, 0.15) is 0 Å². The smallest absolute Gasteiger partial charge is 0.460 e. The van der Waals surface area contributed by atoms with Crippen molar-refractivity contribution >= 4 is 21.8 Å². The highest BCUT2D eigenvalue weighted by Gasteiger charge is 2.73. The van der Waals surface area contributed by atoms with Crippen LogP contribution in [0.5, 0.6) is 11.6 Å². The van der Waals surface area contributed by atoms with Crippen LogP contribution in [0.3, 0.4) is 0 Å². The Hall–Kier alpha value is -3.34. The van der Waals surface area contributed by atoms with E-state index in [2.05, 4.69) is 19.8 Å². The van der Waals surface area contributed by atoms with E-state index < -0.39 is 51.4 Å². The van der Waals surface area contributed by atoms with Gasteiger partial charge in [-0.05, 0) is 30.3 Å². The van der Waals surface area contributed by atoms with Gasteiger partial charge in [0.15, 0.2) is 6.61 Å². The van der Waals surface area contributed by atoms with Crippen LogP contribution in [0.2, 0.25) is 0 Å². The standard InChI is InChI=1S/C19H18F7N3O6S/c1-33-9-8-27-16(30)35-15-7-2-12(10-28-15)29-36(31,32)14-5-3-13(4-6-14)34-11-17(20,21)18(22,23)19(24,25)26/h2-7,10,29H,8-9,11H2,1H3,(H,27,30). The van der Waals surface area contributed by atoms with Gasteiger partial charge in [0.2, 0.25) is 5.88 Å². The fourth-order valence-electron chi connectivity index (χ4n) is 2.29. The average Bonchev–Trinajstić information content (AvgIpc) is 2.78. The molecular formula is C19H18F7N3O6S. The van der Waals surface area contributed by atoms with Crippen LogP contribution in [-0.2, 0) is 14.8 Å². The molecule has 0 saturated carbocycles. The summed E-state index contributed by atoms with van der Waals surface area (Å²) in [6.45, 7) is -1.88. The monoisotopic (exact) mass is 549 g/mol. The summed E-state index contributed by atoms with van der Waals surface area (Å²) in [6.07, 6.45) is -6.30. The Morgan fingerprint density at radius 1 is 1.00 bits per heavy atom. The second-order valence-electron chi connectivity index (χ2n) is 6.84. The summed E-state index contributed by atoms with van der Waals surface area (Å²) in [5, 5.41) is 2.37. The number of hydrogen-bond acceptors (Lipinski definition) is 7. The Kier molecular flexibility index (Phi) is 8.95. The summed E-state index contributed by atoms with van der Waals surface area (Å²) in [6, 6.07) is 5.64. The van der Waals surface area contributed by atoms with Crippen LogP contribution in [0.25, 0.3) is 0 Å². The highest BCUT2D eigenvalue weighted by Crippen LogP contribution is 2.46. The molecule has 0 fully saturated rings. The van der Waals surface area contributed by atoms with Gasteiger partial charge in [0, 0.05) is 19.7 Å². The number of methoxy groups -OCH3 is 1. The molecule has 0 aliphatic rings. The number of nitrogens with zero attached hydrogens (tertiary/aromatic N) is 1. The minimum Gasteiger partial charge on any atom is -0.487 e. The van der Waals surface area contributed by atoms with Gasteiger partial charge in [-0.15, -0.1) is 0 Å². The number of anilines is 1. The molecule has 1 aromatic heterocycles. The molecule has 0 unspecified atom stereocenters. The molecule has 200 valence electrons. The maximum atomic E-state index is 13.3. The summed E-state index contributed by atoms with van der Waals surface area (Å²) >= 11 is 0. The van der Waals surface area contributed by atoms with Crippen molar-refractivity contribution in [2.75, 3.05) is 31.6 Å². The Bertz CT molecular complexity index is 1130. The topological polar surface area (TPSA) is 116 Å². The number of carbonyl (C=O) groups is 1. The van der Waals surface area contributed by atoms with Gasteiger partial charge in [-0.3, -0.25) is 4.72 Å². The molecule has 1 heterocycles. The zero-order valence-electron chi connectivity index (χ0n) is 18.1. The van der Waals surface area contributed by atoms with Gasteiger partial charge in [-0.1, -0.05) is 0 Å². The van der Waals surface area contributed by atoms with Gasteiger partial charge in [0.25, 0.3) is 10.0 Å². The number of alkyl halides is 7. The van der Waals surface area contributed by atoms with Crippen LogP contribution in [-0.4, -0.2) is 64.4 Å². The van der Waals surface area contributed by atoms with Gasteiger partial charge in [-0.25, -0.2) is 18.2 Å². The molecule has 36 heavy (non-hydrogen) atoms. The number of nitrogens with one attached hydrogen (secondary N) is 2. The highest BCUT2D eigenvalue weighted by atomic mass is 32.2. The Morgan fingerprint density at radius 3 is 2.17 bits per heavy atom. The van der Waals surface area contributed by atoms with Crippen LogP contribution in [0, 0.1) is 0 Å². The molecule has 1 amide bonds. The zero-order valence-corrected chi connectivity index (χ0v) is 18.9. The van der Waals surface area contributed by atoms with Crippen LogP contribution < -0.4 is 19.5 Å². The van der Waals surface area contributed by atoms with E-state index in [1.807, 2.05) is 0 Å². The van der Waals surface area contributed by atoms with E-state index in [9.17, 15) is 43.9 Å². The van der Waals surface area contributed by atoms with Crippen molar-refractivity contribution in [2.24, 2.45) is 0 Å². The van der Waals surface area contributed by atoms with Crippen molar-refractivity contribution in [3.63, 3.8) is 0 Å². The van der Waals surface area contributed by atoms with E-state index in [4.69, 9.17) is 9.47 Å². The molecule has 1 aromatic carbocycles. The van der Waals surface area contributed by atoms with Gasteiger partial charge in [0.05, 0.1) is 23.4 Å². The predicted octanol–water partition coefficient (Wildman–Crippen LogP) is 3.83. The first-order valence-electron chi connectivity index (χ1n) is 9.58. The van der Waals surface area contributed by atoms with Crippen molar-refractivity contribution in [3.8, 4) is 11.6 Å². The van der Waals surface area contributed by atoms with Crippen molar-refractivity contribution in [1.29, 1.82) is 0 Å². The third-order valence-corrected chi connectivity index (χ3v) is 5.53. The van der Waals surface area contributed by atoms with Crippen LogP contribution in [0.15, 0.2) is 47.5 Å². The maximum Gasteiger partial charge on any atom is 0.460 e. The van der Waals surface area contributed by atoms with Crippen molar-refractivity contribution in [3.05, 3.63) is 42.6 Å². The number of rotatable bonds is 11. The number of amides is 1. The molecule has 0 atom stereocenters. The second kappa shape index (κ2) is 11.2. The molecule has 2 rings (SSSR count). The van der Waals surface area contributed by atoms with E-state index >= 15 is 0 Å². The molecule has 9 nitrogen and oxygen atoms in total. The molecule has 2 aromatic rings. The first kappa shape index (κ1) is 28.9. The van der Waals surface area contributed by atoms with Gasteiger partial charge >= 0.3 is 24.1 Å². The van der Waals surface area contributed by atoms with E-state index in [0.29, 0.717) is 0 Å². The summed E-state index contributed by atoms with van der Waals surface area (Å²) in [7, 11) is -2.83. The highest BCUT2D eigenvalue weighted by molar-refractivity contribution is 7.92. The second-order valence-corrected chi connectivity index (χ2v) is 8.52. The number of halogens is 7.